The molecule has 0 aromatic heterocycles. The molecule has 0 heterocycles. The van der Waals surface area contributed by atoms with E-state index in [0.29, 0.717) is 6.42 Å². The third-order valence-electron chi connectivity index (χ3n) is 11.9. The number of rotatable bonds is 49. The van der Waals surface area contributed by atoms with Gasteiger partial charge in [-0.1, -0.05) is 264 Å². The number of carbonyl (C=O) groups is 1. The lowest BCUT2D eigenvalue weighted by Gasteiger charge is -2.19. The van der Waals surface area contributed by atoms with Gasteiger partial charge in [0.2, 0.25) is 5.91 Å². The molecule has 2 atom stereocenters. The van der Waals surface area contributed by atoms with E-state index in [2.05, 4.69) is 129 Å². The van der Waals surface area contributed by atoms with Crippen molar-refractivity contribution in [3.05, 3.63) is 122 Å². The van der Waals surface area contributed by atoms with Crippen LogP contribution in [0.3, 0.4) is 0 Å². The van der Waals surface area contributed by atoms with E-state index >= 15 is 0 Å². The number of unbranched alkanes of at least 4 members (excludes halogenated alkanes) is 24. The lowest BCUT2D eigenvalue weighted by atomic mass is 10.0. The van der Waals surface area contributed by atoms with Crippen molar-refractivity contribution in [3.8, 4) is 0 Å². The molecule has 0 fully saturated rings. The van der Waals surface area contributed by atoms with Crippen LogP contribution >= 0.6 is 0 Å². The molecule has 0 saturated heterocycles. The van der Waals surface area contributed by atoms with Crippen LogP contribution in [-0.2, 0) is 4.79 Å². The number of hydrogen-bond acceptors (Lipinski definition) is 3. The summed E-state index contributed by atoms with van der Waals surface area (Å²) in [5, 5.41) is 23.1. The maximum atomic E-state index is 12.5. The Morgan fingerprint density at radius 1 is 0.379 bits per heavy atom. The van der Waals surface area contributed by atoms with E-state index < -0.39 is 12.1 Å². The molecule has 0 aliphatic rings. The summed E-state index contributed by atoms with van der Waals surface area (Å²) < 4.78 is 0. The second-order valence-electron chi connectivity index (χ2n) is 18.3. The minimum atomic E-state index is -0.884. The molecule has 376 valence electrons. The van der Waals surface area contributed by atoms with Gasteiger partial charge in [-0.15, -0.1) is 0 Å². The van der Waals surface area contributed by atoms with Gasteiger partial charge in [-0.3, -0.25) is 4.79 Å². The fourth-order valence-electron chi connectivity index (χ4n) is 7.74. The Hall–Kier alpha value is -3.21. The SMILES string of the molecule is CC/C=C\C/C=C\C/C=C\C/C=C\C/C=C\C/C=C\C/C=C\C/C=C\CCCCCCC(=O)NC(CO)C(O)/C=C/CC/C=C/CCCCCCCCCCCCCCCCCCCCC. The molecule has 0 aromatic rings. The molecule has 4 nitrogen and oxygen atoms in total. The molecular weight excluding hydrogens is 807 g/mol. The van der Waals surface area contributed by atoms with Gasteiger partial charge in [0, 0.05) is 6.42 Å². The zero-order valence-electron chi connectivity index (χ0n) is 43.2. The number of allylic oxidation sites excluding steroid dienone is 19. The Balaban J connectivity index is 3.68. The summed E-state index contributed by atoms with van der Waals surface area (Å²) in [6.07, 6.45) is 86.3. The summed E-state index contributed by atoms with van der Waals surface area (Å²) in [4.78, 5) is 12.5. The first-order valence-electron chi connectivity index (χ1n) is 27.7. The van der Waals surface area contributed by atoms with Crippen LogP contribution < -0.4 is 5.32 Å². The summed E-state index contributed by atoms with van der Waals surface area (Å²) in [6, 6.07) is -0.663. The van der Waals surface area contributed by atoms with Gasteiger partial charge in [-0.25, -0.2) is 0 Å². The normalized spacial score (nSPS) is 13.8. The van der Waals surface area contributed by atoms with Crippen LogP contribution in [0, 0.1) is 0 Å². The van der Waals surface area contributed by atoms with Gasteiger partial charge in [0.05, 0.1) is 18.8 Å². The second-order valence-corrected chi connectivity index (χ2v) is 18.3. The minimum absolute atomic E-state index is 0.102. The van der Waals surface area contributed by atoms with Gasteiger partial charge in [0.25, 0.3) is 0 Å². The monoisotopic (exact) mass is 912 g/mol. The van der Waals surface area contributed by atoms with Gasteiger partial charge in [0.15, 0.2) is 0 Å². The Bertz CT molecular complexity index is 1310. The molecule has 0 spiro atoms. The molecule has 0 radical (unpaired) electrons. The summed E-state index contributed by atoms with van der Waals surface area (Å²) >= 11 is 0. The molecule has 0 bridgehead atoms. The molecule has 2 unspecified atom stereocenters. The van der Waals surface area contributed by atoms with E-state index in [1.165, 1.54) is 122 Å². The largest absolute Gasteiger partial charge is 0.394 e. The molecule has 1 amide bonds. The Morgan fingerprint density at radius 2 is 0.682 bits per heavy atom. The first-order valence-corrected chi connectivity index (χ1v) is 27.7. The highest BCUT2D eigenvalue weighted by Gasteiger charge is 2.17. The molecule has 0 aliphatic carbocycles. The average Bonchev–Trinajstić information content (AvgIpc) is 3.32. The highest BCUT2D eigenvalue weighted by Crippen LogP contribution is 2.15. The van der Waals surface area contributed by atoms with Crippen molar-refractivity contribution in [2.45, 2.75) is 257 Å². The number of nitrogens with one attached hydrogen (secondary N) is 1. The molecule has 0 aromatic carbocycles. The fraction of sp³-hybridized carbons (Fsp3) is 0.661. The van der Waals surface area contributed by atoms with E-state index in [4.69, 9.17) is 0 Å². The number of carbonyl (C=O) groups excluding carboxylic acids is 1. The van der Waals surface area contributed by atoms with Crippen LogP contribution in [0.2, 0.25) is 0 Å². The predicted molar refractivity (Wildman–Crippen MR) is 294 cm³/mol. The molecule has 66 heavy (non-hydrogen) atoms. The molecule has 4 heteroatoms. The Kier molecular flexibility index (Phi) is 53.4. The number of aliphatic hydroxyl groups is 2. The highest BCUT2D eigenvalue weighted by atomic mass is 16.3. The summed E-state index contributed by atoms with van der Waals surface area (Å²) in [5.41, 5.74) is 0. The van der Waals surface area contributed by atoms with Crippen molar-refractivity contribution in [2.75, 3.05) is 6.61 Å². The average molecular weight is 913 g/mol. The van der Waals surface area contributed by atoms with E-state index in [-0.39, 0.29) is 12.5 Å². The van der Waals surface area contributed by atoms with Crippen LogP contribution in [0.1, 0.15) is 245 Å². The number of hydrogen-bond donors (Lipinski definition) is 3. The van der Waals surface area contributed by atoms with Crippen LogP contribution in [0.4, 0.5) is 0 Å². The van der Waals surface area contributed by atoms with Gasteiger partial charge in [-0.05, 0) is 96.3 Å². The van der Waals surface area contributed by atoms with Crippen molar-refractivity contribution in [1.82, 2.24) is 5.32 Å². The predicted octanol–water partition coefficient (Wildman–Crippen LogP) is 18.5. The fourth-order valence-corrected chi connectivity index (χ4v) is 7.74. The number of amides is 1. The first kappa shape index (κ1) is 62.8. The second kappa shape index (κ2) is 56.1. The highest BCUT2D eigenvalue weighted by molar-refractivity contribution is 5.76. The Morgan fingerprint density at radius 3 is 1.06 bits per heavy atom. The molecule has 0 aliphatic heterocycles. The maximum Gasteiger partial charge on any atom is 0.220 e. The topological polar surface area (TPSA) is 69.6 Å². The van der Waals surface area contributed by atoms with Crippen LogP contribution in [0.15, 0.2) is 122 Å². The summed E-state index contributed by atoms with van der Waals surface area (Å²) in [6.45, 7) is 4.18. The van der Waals surface area contributed by atoms with Gasteiger partial charge >= 0.3 is 0 Å². The van der Waals surface area contributed by atoms with Crippen molar-refractivity contribution in [1.29, 1.82) is 0 Å². The third-order valence-corrected chi connectivity index (χ3v) is 11.9. The Labute approximate surface area is 409 Å². The van der Waals surface area contributed by atoms with E-state index in [1.54, 1.807) is 6.08 Å². The molecule has 0 saturated carbocycles. The van der Waals surface area contributed by atoms with Crippen LogP contribution in [-0.4, -0.2) is 34.9 Å². The van der Waals surface area contributed by atoms with E-state index in [9.17, 15) is 15.0 Å². The van der Waals surface area contributed by atoms with Crippen molar-refractivity contribution < 1.29 is 15.0 Å². The van der Waals surface area contributed by atoms with Gasteiger partial charge in [-0.2, -0.15) is 0 Å². The quantitative estimate of drug-likeness (QED) is 0.0421. The van der Waals surface area contributed by atoms with Crippen molar-refractivity contribution in [2.24, 2.45) is 0 Å². The van der Waals surface area contributed by atoms with Crippen LogP contribution in [0.5, 0.6) is 0 Å². The number of aliphatic hydroxyl groups excluding tert-OH is 2. The summed E-state index contributed by atoms with van der Waals surface area (Å²) in [5.74, 6) is -0.102. The van der Waals surface area contributed by atoms with Crippen molar-refractivity contribution >= 4 is 5.91 Å². The molecule has 3 N–H and O–H groups in total. The van der Waals surface area contributed by atoms with Crippen molar-refractivity contribution in [3.63, 3.8) is 0 Å². The standard InChI is InChI=1S/C62H105NO3/c1-3-5-7-9-11-13-15-17-19-21-23-25-27-29-30-31-32-34-36-38-40-42-44-46-48-50-52-54-56-58-62(66)63-60(59-64)61(65)57-55-53-51-49-47-45-43-41-39-37-35-33-28-26-24-22-20-18-16-14-12-10-8-6-4-2/h5,7,11,13,17,19,23,25,29-30,32,34,38,40,44,46-47,49,55,57,60-61,64-65H,3-4,6,8-10,12,14-16,18,20-22,24,26-28,31,33,35-37,39,41-43,45,48,50-54,56,58-59H2,1-2H3,(H,63,66)/b7-5-,13-11-,19-17-,25-23-,30-29-,34-32-,40-38-,46-44-,49-47+,57-55+. The minimum Gasteiger partial charge on any atom is -0.394 e. The molecular formula is C62H105NO3. The lowest BCUT2D eigenvalue weighted by Crippen LogP contribution is -2.45. The third kappa shape index (κ3) is 51.8. The van der Waals surface area contributed by atoms with E-state index in [1.807, 2.05) is 6.08 Å². The van der Waals surface area contributed by atoms with E-state index in [0.717, 1.165) is 103 Å². The van der Waals surface area contributed by atoms with Gasteiger partial charge in [0.1, 0.15) is 0 Å². The molecule has 0 rings (SSSR count). The van der Waals surface area contributed by atoms with Gasteiger partial charge < -0.3 is 15.5 Å². The summed E-state index contributed by atoms with van der Waals surface area (Å²) in [7, 11) is 0. The maximum absolute atomic E-state index is 12.5. The first-order chi connectivity index (χ1) is 32.7. The zero-order chi connectivity index (χ0) is 47.7. The zero-order valence-corrected chi connectivity index (χ0v) is 43.2. The smallest absolute Gasteiger partial charge is 0.220 e. The lowest BCUT2D eigenvalue weighted by molar-refractivity contribution is -0.123. The van der Waals surface area contributed by atoms with Crippen LogP contribution in [0.25, 0.3) is 0 Å².